The van der Waals surface area contributed by atoms with Gasteiger partial charge in [0, 0.05) is 0 Å². The van der Waals surface area contributed by atoms with Gasteiger partial charge in [-0.1, -0.05) is 45.0 Å². The van der Waals surface area contributed by atoms with E-state index in [1.54, 1.807) is 0 Å². The zero-order chi connectivity index (χ0) is 9.14. The molecular weight excluding hydrogens is 144 g/mol. The zero-order valence-corrected chi connectivity index (χ0v) is 8.17. The van der Waals surface area contributed by atoms with Crippen LogP contribution in [0.4, 0.5) is 0 Å². The Labute approximate surface area is 75.6 Å². The van der Waals surface area contributed by atoms with Gasteiger partial charge in [-0.2, -0.15) is 0 Å². The molecule has 1 radical (unpaired) electrons. The van der Waals surface area contributed by atoms with Gasteiger partial charge < -0.3 is 0 Å². The molecule has 0 aliphatic carbocycles. The predicted molar refractivity (Wildman–Crippen MR) is 54.3 cm³/mol. The summed E-state index contributed by atoms with van der Waals surface area (Å²) >= 11 is 0. The molecule has 1 atom stereocenters. The first-order valence-electron chi connectivity index (χ1n) is 4.54. The summed E-state index contributed by atoms with van der Waals surface area (Å²) < 4.78 is 0. The summed E-state index contributed by atoms with van der Waals surface area (Å²) in [6.45, 7) is 10.5. The van der Waals surface area contributed by atoms with Crippen molar-refractivity contribution in [3.63, 3.8) is 0 Å². The molecule has 0 N–H and O–H groups in total. The van der Waals surface area contributed by atoms with Gasteiger partial charge in [0.25, 0.3) is 0 Å². The van der Waals surface area contributed by atoms with Gasteiger partial charge in [0.1, 0.15) is 0 Å². The third-order valence-corrected chi connectivity index (χ3v) is 2.17. The van der Waals surface area contributed by atoms with E-state index < -0.39 is 0 Å². The summed E-state index contributed by atoms with van der Waals surface area (Å²) in [5.41, 5.74) is 2.72. The van der Waals surface area contributed by atoms with Crippen LogP contribution in [0.2, 0.25) is 0 Å². The molecule has 0 amide bonds. The van der Waals surface area contributed by atoms with Crippen molar-refractivity contribution in [2.45, 2.75) is 32.6 Å². The lowest BCUT2D eigenvalue weighted by atomic mass is 9.97. The summed E-state index contributed by atoms with van der Waals surface area (Å²) in [5.74, 6) is 1.02. The van der Waals surface area contributed by atoms with Crippen LogP contribution in [0.3, 0.4) is 0 Å². The van der Waals surface area contributed by atoms with Gasteiger partial charge in [0.2, 0.25) is 0 Å². The van der Waals surface area contributed by atoms with Crippen LogP contribution in [0.25, 0.3) is 0 Å². The molecule has 1 unspecified atom stereocenters. The van der Waals surface area contributed by atoms with Crippen molar-refractivity contribution in [2.75, 3.05) is 0 Å². The molecule has 1 rings (SSSR count). The Kier molecular flexibility index (Phi) is 2.91. The maximum absolute atomic E-state index is 3.98. The molecule has 0 fully saturated rings. The van der Waals surface area contributed by atoms with Crippen LogP contribution < -0.4 is 0 Å². The summed E-state index contributed by atoms with van der Waals surface area (Å²) in [4.78, 5) is 0. The van der Waals surface area contributed by atoms with Crippen LogP contribution in [0, 0.1) is 6.92 Å². The van der Waals surface area contributed by atoms with Crippen molar-refractivity contribution in [2.24, 2.45) is 0 Å². The Morgan fingerprint density at radius 2 is 1.33 bits per heavy atom. The maximum atomic E-state index is 3.98. The standard InChI is InChI=1S/C12H17/c1-9(2)11-5-7-12(8-6-11)10(3)4/h5-10H,1H2,2-4H3. The van der Waals surface area contributed by atoms with E-state index in [4.69, 9.17) is 0 Å². The molecule has 0 spiro atoms. The van der Waals surface area contributed by atoms with Gasteiger partial charge in [-0.15, -0.1) is 0 Å². The predicted octanol–water partition coefficient (Wildman–Crippen LogP) is 3.75. The highest BCUT2D eigenvalue weighted by Crippen LogP contribution is 2.18. The molecule has 65 valence electrons. The third-order valence-electron chi connectivity index (χ3n) is 2.17. The Bertz CT molecular complexity index is 202. The average molecular weight is 161 g/mol. The van der Waals surface area contributed by atoms with Crippen molar-refractivity contribution in [3.8, 4) is 0 Å². The van der Waals surface area contributed by atoms with Crippen molar-refractivity contribution >= 4 is 0 Å². The number of rotatable bonds is 2. The Balaban J connectivity index is 2.86. The third kappa shape index (κ3) is 2.10. The van der Waals surface area contributed by atoms with E-state index in [-0.39, 0.29) is 0 Å². The van der Waals surface area contributed by atoms with E-state index in [2.05, 4.69) is 52.0 Å². The molecule has 1 aromatic rings. The highest BCUT2D eigenvalue weighted by molar-refractivity contribution is 5.27. The van der Waals surface area contributed by atoms with Crippen LogP contribution in [0.1, 0.15) is 43.7 Å². The second-order valence-corrected chi connectivity index (χ2v) is 3.72. The van der Waals surface area contributed by atoms with E-state index in [9.17, 15) is 0 Å². The van der Waals surface area contributed by atoms with Gasteiger partial charge in [-0.3, -0.25) is 0 Å². The largest absolute Gasteiger partial charge is 0.0587 e. The first-order valence-corrected chi connectivity index (χ1v) is 4.54. The number of hydrogen-bond acceptors (Lipinski definition) is 0. The van der Waals surface area contributed by atoms with Crippen LogP contribution in [-0.4, -0.2) is 0 Å². The minimum Gasteiger partial charge on any atom is -0.0587 e. The van der Waals surface area contributed by atoms with Gasteiger partial charge in [0.05, 0.1) is 0 Å². The molecular formula is C12H17. The highest BCUT2D eigenvalue weighted by atomic mass is 14.1. The summed E-state index contributed by atoms with van der Waals surface area (Å²) in [6.07, 6.45) is 0. The summed E-state index contributed by atoms with van der Waals surface area (Å²) in [7, 11) is 0. The second-order valence-electron chi connectivity index (χ2n) is 3.72. The number of hydrogen-bond donors (Lipinski definition) is 0. The SMILES string of the molecule is [CH2]C(C)c1ccc(C(C)C)cc1. The van der Waals surface area contributed by atoms with Crippen molar-refractivity contribution < 1.29 is 0 Å². The highest BCUT2D eigenvalue weighted by Gasteiger charge is 2.00. The second kappa shape index (κ2) is 3.75. The molecule has 12 heavy (non-hydrogen) atoms. The zero-order valence-electron chi connectivity index (χ0n) is 8.17. The molecule has 0 bridgehead atoms. The molecule has 0 aromatic heterocycles. The molecule has 0 heterocycles. The molecule has 0 nitrogen and oxygen atoms in total. The quantitative estimate of drug-likeness (QED) is 0.619. The van der Waals surface area contributed by atoms with Crippen molar-refractivity contribution in [1.29, 1.82) is 0 Å². The van der Waals surface area contributed by atoms with Gasteiger partial charge in [0.15, 0.2) is 0 Å². The smallest absolute Gasteiger partial charge is 0.0190 e. The summed E-state index contributed by atoms with van der Waals surface area (Å²) in [5, 5.41) is 0. The first kappa shape index (κ1) is 9.31. The van der Waals surface area contributed by atoms with Crippen LogP contribution in [0.15, 0.2) is 24.3 Å². The molecule has 0 aliphatic rings. The van der Waals surface area contributed by atoms with Gasteiger partial charge in [-0.25, -0.2) is 0 Å². The average Bonchev–Trinajstić information content (AvgIpc) is 2.04. The van der Waals surface area contributed by atoms with Crippen LogP contribution >= 0.6 is 0 Å². The lowest BCUT2D eigenvalue weighted by molar-refractivity contribution is 0.861. The van der Waals surface area contributed by atoms with Crippen LogP contribution in [-0.2, 0) is 0 Å². The van der Waals surface area contributed by atoms with E-state index in [0.717, 1.165) is 0 Å². The minimum absolute atomic E-state index is 0.395. The molecule has 0 heteroatoms. The van der Waals surface area contributed by atoms with Crippen LogP contribution in [0.5, 0.6) is 0 Å². The Hall–Kier alpha value is -0.780. The lowest BCUT2D eigenvalue weighted by Gasteiger charge is -2.08. The summed E-state index contributed by atoms with van der Waals surface area (Å²) in [6, 6.07) is 8.74. The normalized spacial score (nSPS) is 11.2. The molecule has 0 aliphatic heterocycles. The van der Waals surface area contributed by atoms with Gasteiger partial charge >= 0.3 is 0 Å². The van der Waals surface area contributed by atoms with Gasteiger partial charge in [-0.05, 0) is 29.9 Å². The minimum atomic E-state index is 0.395. The Morgan fingerprint density at radius 3 is 1.67 bits per heavy atom. The molecule has 0 saturated carbocycles. The topological polar surface area (TPSA) is 0 Å². The monoisotopic (exact) mass is 161 g/mol. The van der Waals surface area contributed by atoms with E-state index >= 15 is 0 Å². The van der Waals surface area contributed by atoms with Crippen molar-refractivity contribution in [1.82, 2.24) is 0 Å². The van der Waals surface area contributed by atoms with Crippen molar-refractivity contribution in [3.05, 3.63) is 42.3 Å². The molecule has 1 aromatic carbocycles. The lowest BCUT2D eigenvalue weighted by Crippen LogP contribution is -1.90. The molecule has 0 saturated heterocycles. The Morgan fingerprint density at radius 1 is 0.917 bits per heavy atom. The fraction of sp³-hybridized carbons (Fsp3) is 0.417. The van der Waals surface area contributed by atoms with E-state index in [1.165, 1.54) is 11.1 Å². The number of benzene rings is 1. The first-order chi connectivity index (χ1) is 5.61. The van der Waals surface area contributed by atoms with E-state index in [1.807, 2.05) is 0 Å². The fourth-order valence-corrected chi connectivity index (χ4v) is 1.21. The maximum Gasteiger partial charge on any atom is -0.0190 e. The van der Waals surface area contributed by atoms with E-state index in [0.29, 0.717) is 11.8 Å². The fourth-order valence-electron chi connectivity index (χ4n) is 1.21.